The number of nitrogens with zero attached hydrogens (tertiary/aromatic N) is 1. The van der Waals surface area contributed by atoms with Crippen LogP contribution in [0.25, 0.3) is 5.69 Å². The largest absolute Gasteiger partial charge is 0.494 e. The molecule has 1 aromatic heterocycles. The monoisotopic (exact) mass is 235 g/mol. The van der Waals surface area contributed by atoms with E-state index in [1.165, 1.54) is 10.9 Å². The fourth-order valence-corrected chi connectivity index (χ4v) is 1.42. The molecule has 0 atom stereocenters. The minimum Gasteiger partial charge on any atom is -0.494 e. The molecule has 0 saturated heterocycles. The normalized spacial score (nSPS) is 10.4. The highest BCUT2D eigenvalue weighted by atomic mass is 16.5. The van der Waals surface area contributed by atoms with E-state index in [9.17, 15) is 4.79 Å². The molecule has 0 spiro atoms. The Labute approximate surface area is 98.6 Å². The maximum Gasteiger partial charge on any atom is 0.427 e. The van der Waals surface area contributed by atoms with E-state index in [0.717, 1.165) is 30.9 Å². The van der Waals surface area contributed by atoms with Gasteiger partial charge < -0.3 is 4.74 Å². The minimum atomic E-state index is -0.409. The Morgan fingerprint density at radius 2 is 2.12 bits per heavy atom. The van der Waals surface area contributed by atoms with Gasteiger partial charge in [0.2, 0.25) is 5.69 Å². The maximum atomic E-state index is 10.9. The third kappa shape index (κ3) is 2.96. The standard InChI is InChI=1S/C12H14N2O3/c1-2-3-8-16-11-6-4-10(5-7-11)14-9-12(15)17-13-14/h4-7,9H,2-3,8H2,1H3/p+1. The molecule has 5 heteroatoms. The SMILES string of the molecule is CCCCOc1ccc(-[n+]2cc(=O)o[nH]2)cc1. The lowest BCUT2D eigenvalue weighted by atomic mass is 10.3. The first-order valence-electron chi connectivity index (χ1n) is 5.63. The van der Waals surface area contributed by atoms with E-state index < -0.39 is 5.63 Å². The average Bonchev–Trinajstić information content (AvgIpc) is 2.77. The van der Waals surface area contributed by atoms with Crippen molar-refractivity contribution in [2.24, 2.45) is 0 Å². The molecule has 0 amide bonds. The molecule has 2 rings (SSSR count). The van der Waals surface area contributed by atoms with Gasteiger partial charge in [0, 0.05) is 12.1 Å². The second-order valence-electron chi connectivity index (χ2n) is 3.71. The number of aromatic nitrogens is 2. The second kappa shape index (κ2) is 5.34. The number of hydrogen-bond donors (Lipinski definition) is 1. The van der Waals surface area contributed by atoms with E-state index in [2.05, 4.69) is 16.7 Å². The Morgan fingerprint density at radius 3 is 2.71 bits per heavy atom. The highest BCUT2D eigenvalue weighted by Crippen LogP contribution is 2.12. The van der Waals surface area contributed by atoms with Crippen molar-refractivity contribution in [1.29, 1.82) is 0 Å². The Hall–Kier alpha value is -2.04. The van der Waals surface area contributed by atoms with Crippen LogP contribution in [0.1, 0.15) is 19.8 Å². The van der Waals surface area contributed by atoms with Crippen molar-refractivity contribution >= 4 is 0 Å². The van der Waals surface area contributed by atoms with Crippen molar-refractivity contribution < 1.29 is 13.9 Å². The van der Waals surface area contributed by atoms with Gasteiger partial charge in [0.1, 0.15) is 5.75 Å². The Bertz CT molecular complexity index is 513. The molecule has 0 radical (unpaired) electrons. The van der Waals surface area contributed by atoms with Crippen LogP contribution in [0.4, 0.5) is 0 Å². The topological polar surface area (TPSA) is 59.1 Å². The number of unbranched alkanes of at least 4 members (excludes halogenated alkanes) is 1. The van der Waals surface area contributed by atoms with E-state index in [1.807, 2.05) is 24.3 Å². The second-order valence-corrected chi connectivity index (χ2v) is 3.71. The van der Waals surface area contributed by atoms with Gasteiger partial charge in [-0.25, -0.2) is 4.79 Å². The molecule has 17 heavy (non-hydrogen) atoms. The lowest BCUT2D eigenvalue weighted by Crippen LogP contribution is -2.31. The molecule has 1 N–H and O–H groups in total. The number of hydrogen-bond acceptors (Lipinski definition) is 3. The van der Waals surface area contributed by atoms with Crippen molar-refractivity contribution in [2.45, 2.75) is 19.8 Å². The summed E-state index contributed by atoms with van der Waals surface area (Å²) >= 11 is 0. The quantitative estimate of drug-likeness (QED) is 0.630. The van der Waals surface area contributed by atoms with Crippen LogP contribution in [-0.4, -0.2) is 11.9 Å². The van der Waals surface area contributed by atoms with Crippen molar-refractivity contribution in [3.63, 3.8) is 0 Å². The van der Waals surface area contributed by atoms with Crippen LogP contribution in [0.15, 0.2) is 39.8 Å². The maximum absolute atomic E-state index is 10.9. The van der Waals surface area contributed by atoms with Gasteiger partial charge in [0.15, 0.2) is 0 Å². The molecule has 0 unspecified atom stereocenters. The fourth-order valence-electron chi connectivity index (χ4n) is 1.42. The highest BCUT2D eigenvalue weighted by Gasteiger charge is 2.09. The van der Waals surface area contributed by atoms with Crippen LogP contribution < -0.4 is 15.0 Å². The Balaban J connectivity index is 2.05. The van der Waals surface area contributed by atoms with Crippen molar-refractivity contribution in [3.8, 4) is 11.4 Å². The van der Waals surface area contributed by atoms with Gasteiger partial charge in [0.05, 0.1) is 6.61 Å². The van der Waals surface area contributed by atoms with Gasteiger partial charge in [-0.3, -0.25) is 4.52 Å². The summed E-state index contributed by atoms with van der Waals surface area (Å²) in [5, 5.41) is 2.48. The third-order valence-corrected chi connectivity index (χ3v) is 2.36. The molecule has 1 heterocycles. The molecule has 1 aromatic carbocycles. The van der Waals surface area contributed by atoms with Crippen LogP contribution in [0.5, 0.6) is 5.75 Å². The zero-order chi connectivity index (χ0) is 12.1. The van der Waals surface area contributed by atoms with Crippen LogP contribution in [0, 0.1) is 0 Å². The van der Waals surface area contributed by atoms with E-state index >= 15 is 0 Å². The number of benzene rings is 1. The van der Waals surface area contributed by atoms with Gasteiger partial charge in [-0.1, -0.05) is 13.3 Å². The van der Waals surface area contributed by atoms with Gasteiger partial charge in [-0.2, -0.15) is 0 Å². The van der Waals surface area contributed by atoms with Crippen molar-refractivity contribution in [1.82, 2.24) is 5.27 Å². The Kier molecular flexibility index (Phi) is 3.59. The summed E-state index contributed by atoms with van der Waals surface area (Å²) in [7, 11) is 0. The molecular formula is C12H15N2O3+. The van der Waals surface area contributed by atoms with Crippen molar-refractivity contribution in [2.75, 3.05) is 6.61 Å². The molecule has 90 valence electrons. The molecule has 2 aromatic rings. The van der Waals surface area contributed by atoms with E-state index in [0.29, 0.717) is 0 Å². The Morgan fingerprint density at radius 1 is 1.35 bits per heavy atom. The summed E-state index contributed by atoms with van der Waals surface area (Å²) in [6.45, 7) is 2.85. The molecule has 0 fully saturated rings. The molecule has 0 aliphatic rings. The van der Waals surface area contributed by atoms with Gasteiger partial charge in [0.25, 0.3) is 6.20 Å². The number of ether oxygens (including phenoxy) is 1. The van der Waals surface area contributed by atoms with Gasteiger partial charge >= 0.3 is 5.63 Å². The first kappa shape index (κ1) is 11.4. The average molecular weight is 235 g/mol. The van der Waals surface area contributed by atoms with E-state index in [4.69, 9.17) is 4.74 Å². The zero-order valence-electron chi connectivity index (χ0n) is 9.68. The first-order chi connectivity index (χ1) is 8.29. The van der Waals surface area contributed by atoms with Crippen LogP contribution in [0.2, 0.25) is 0 Å². The summed E-state index contributed by atoms with van der Waals surface area (Å²) in [4.78, 5) is 10.9. The fraction of sp³-hybridized carbons (Fsp3) is 0.333. The van der Waals surface area contributed by atoms with E-state index in [-0.39, 0.29) is 0 Å². The predicted octanol–water partition coefficient (Wildman–Crippen LogP) is 1.42. The highest BCUT2D eigenvalue weighted by molar-refractivity contribution is 5.31. The summed E-state index contributed by atoms with van der Waals surface area (Å²) < 4.78 is 11.6. The first-order valence-corrected chi connectivity index (χ1v) is 5.63. The molecule has 5 nitrogen and oxygen atoms in total. The van der Waals surface area contributed by atoms with Crippen LogP contribution in [-0.2, 0) is 0 Å². The zero-order valence-corrected chi connectivity index (χ0v) is 9.68. The minimum absolute atomic E-state index is 0.409. The third-order valence-electron chi connectivity index (χ3n) is 2.36. The van der Waals surface area contributed by atoms with Crippen LogP contribution >= 0.6 is 0 Å². The lowest BCUT2D eigenvalue weighted by molar-refractivity contribution is -0.670. The molecule has 0 aliphatic carbocycles. The number of rotatable bonds is 5. The summed E-state index contributed by atoms with van der Waals surface area (Å²) in [5.74, 6) is 0.827. The summed E-state index contributed by atoms with van der Waals surface area (Å²) in [6, 6.07) is 7.44. The van der Waals surface area contributed by atoms with Crippen LogP contribution in [0.3, 0.4) is 0 Å². The summed E-state index contributed by atoms with van der Waals surface area (Å²) in [6.07, 6.45) is 3.50. The molecular weight excluding hydrogens is 220 g/mol. The molecule has 0 aliphatic heterocycles. The summed E-state index contributed by atoms with van der Waals surface area (Å²) in [5.41, 5.74) is 0.409. The number of aromatic amines is 1. The van der Waals surface area contributed by atoms with E-state index in [1.54, 1.807) is 0 Å². The smallest absolute Gasteiger partial charge is 0.427 e. The van der Waals surface area contributed by atoms with Gasteiger partial charge in [-0.15, -0.1) is 0 Å². The van der Waals surface area contributed by atoms with Gasteiger partial charge in [-0.05, 0) is 28.5 Å². The number of H-pyrrole nitrogens is 1. The lowest BCUT2D eigenvalue weighted by Gasteiger charge is -2.03. The van der Waals surface area contributed by atoms with Crippen molar-refractivity contribution in [3.05, 3.63) is 40.9 Å². The number of nitrogens with one attached hydrogen (secondary N) is 1. The molecule has 0 bridgehead atoms. The predicted molar refractivity (Wildman–Crippen MR) is 61.3 cm³/mol. The molecule has 0 saturated carbocycles.